The van der Waals surface area contributed by atoms with Gasteiger partial charge in [0.05, 0.1) is 0 Å². The Morgan fingerprint density at radius 3 is 2.76 bits per heavy atom. The van der Waals surface area contributed by atoms with Gasteiger partial charge in [-0.2, -0.15) is 0 Å². The lowest BCUT2D eigenvalue weighted by Crippen LogP contribution is -2.65. The van der Waals surface area contributed by atoms with Crippen LogP contribution >= 0.6 is 0 Å². The summed E-state index contributed by atoms with van der Waals surface area (Å²) in [6.45, 7) is 5.85. The summed E-state index contributed by atoms with van der Waals surface area (Å²) in [5.41, 5.74) is 2.07. The minimum absolute atomic E-state index is 0.207. The van der Waals surface area contributed by atoms with Crippen LogP contribution in [0.3, 0.4) is 0 Å². The molecule has 2 aliphatic heterocycles. The Morgan fingerprint density at radius 1 is 1.32 bits per heavy atom. The van der Waals surface area contributed by atoms with Crippen molar-refractivity contribution in [2.75, 3.05) is 20.6 Å². The average Bonchev–Trinajstić information content (AvgIpc) is 2.92. The molecule has 3 amide bonds. The van der Waals surface area contributed by atoms with E-state index in [2.05, 4.69) is 23.7 Å². The molecule has 3 atom stereocenters. The Labute approximate surface area is 148 Å². The molecule has 6 nitrogen and oxygen atoms in total. The molecule has 1 N–H and O–H groups in total. The third-order valence-corrected chi connectivity index (χ3v) is 4.63. The first kappa shape index (κ1) is 17.2. The van der Waals surface area contributed by atoms with Crippen LogP contribution in [-0.4, -0.2) is 65.7 Å². The van der Waals surface area contributed by atoms with E-state index in [1.807, 2.05) is 43.1 Å². The van der Waals surface area contributed by atoms with Crippen LogP contribution in [0, 0.1) is 18.8 Å². The highest BCUT2D eigenvalue weighted by molar-refractivity contribution is 6.00. The molecule has 25 heavy (non-hydrogen) atoms. The lowest BCUT2D eigenvalue weighted by molar-refractivity contribution is -0.137. The van der Waals surface area contributed by atoms with Gasteiger partial charge in [-0.05, 0) is 31.7 Å². The highest BCUT2D eigenvalue weighted by Gasteiger charge is 2.52. The SMILES string of the molecule is C=CCN1C(=O)C2C(NC(C#Cc3cccc(C)c3)N2C)N(C)C1=O. The van der Waals surface area contributed by atoms with Crippen LogP contribution in [0.2, 0.25) is 0 Å². The number of hydrogen-bond donors (Lipinski definition) is 1. The molecule has 2 aliphatic rings. The predicted octanol–water partition coefficient (Wildman–Crippen LogP) is 0.982. The van der Waals surface area contributed by atoms with E-state index < -0.39 is 6.04 Å². The number of imide groups is 1. The number of carbonyl (C=O) groups excluding carboxylic acids is 2. The fourth-order valence-corrected chi connectivity index (χ4v) is 3.27. The number of rotatable bonds is 2. The Morgan fingerprint density at radius 2 is 2.08 bits per heavy atom. The summed E-state index contributed by atoms with van der Waals surface area (Å²) in [6, 6.07) is 7.18. The molecule has 2 heterocycles. The van der Waals surface area contributed by atoms with E-state index in [9.17, 15) is 9.59 Å². The van der Waals surface area contributed by atoms with Crippen molar-refractivity contribution in [2.45, 2.75) is 25.3 Å². The van der Waals surface area contributed by atoms with Crippen LogP contribution in [0.1, 0.15) is 11.1 Å². The Bertz CT molecular complexity index is 779. The third-order valence-electron chi connectivity index (χ3n) is 4.63. The van der Waals surface area contributed by atoms with Gasteiger partial charge in [-0.25, -0.2) is 4.79 Å². The van der Waals surface area contributed by atoms with Crippen molar-refractivity contribution in [1.82, 2.24) is 20.0 Å². The maximum Gasteiger partial charge on any atom is 0.328 e. The van der Waals surface area contributed by atoms with Crippen LogP contribution in [0.15, 0.2) is 36.9 Å². The number of nitrogens with zero attached hydrogens (tertiary/aromatic N) is 3. The molecule has 3 unspecified atom stereocenters. The quantitative estimate of drug-likeness (QED) is 0.645. The molecular weight excluding hydrogens is 316 g/mol. The Balaban J connectivity index is 1.85. The number of urea groups is 1. The second-order valence-electron chi connectivity index (χ2n) is 6.39. The molecule has 1 aromatic carbocycles. The summed E-state index contributed by atoms with van der Waals surface area (Å²) in [5.74, 6) is 6.10. The summed E-state index contributed by atoms with van der Waals surface area (Å²) >= 11 is 0. The molecule has 0 aromatic heterocycles. The number of aryl methyl sites for hydroxylation is 1. The van der Waals surface area contributed by atoms with Gasteiger partial charge >= 0.3 is 6.03 Å². The van der Waals surface area contributed by atoms with E-state index >= 15 is 0 Å². The van der Waals surface area contributed by atoms with Crippen molar-refractivity contribution in [1.29, 1.82) is 0 Å². The van der Waals surface area contributed by atoms with Crippen LogP contribution < -0.4 is 5.32 Å². The third kappa shape index (κ3) is 3.04. The molecule has 2 fully saturated rings. The molecule has 130 valence electrons. The van der Waals surface area contributed by atoms with Crippen molar-refractivity contribution in [3.63, 3.8) is 0 Å². The predicted molar refractivity (Wildman–Crippen MR) is 95.4 cm³/mol. The van der Waals surface area contributed by atoms with Crippen LogP contribution in [0.4, 0.5) is 4.79 Å². The van der Waals surface area contributed by atoms with E-state index in [0.717, 1.165) is 11.1 Å². The zero-order valence-electron chi connectivity index (χ0n) is 14.7. The Kier molecular flexibility index (Phi) is 4.62. The fourth-order valence-electron chi connectivity index (χ4n) is 3.27. The highest BCUT2D eigenvalue weighted by Crippen LogP contribution is 2.25. The normalized spacial score (nSPS) is 26.3. The first-order chi connectivity index (χ1) is 11.9. The first-order valence-corrected chi connectivity index (χ1v) is 8.19. The molecule has 0 radical (unpaired) electrons. The number of nitrogens with one attached hydrogen (secondary N) is 1. The monoisotopic (exact) mass is 338 g/mol. The molecular formula is C19H22N4O2. The lowest BCUT2D eigenvalue weighted by atomic mass is 10.1. The van der Waals surface area contributed by atoms with E-state index in [1.165, 1.54) is 4.90 Å². The van der Waals surface area contributed by atoms with Crippen molar-refractivity contribution in [3.05, 3.63) is 48.0 Å². The van der Waals surface area contributed by atoms with Gasteiger partial charge in [-0.1, -0.05) is 30.0 Å². The lowest BCUT2D eigenvalue weighted by Gasteiger charge is -2.40. The molecule has 0 aliphatic carbocycles. The average molecular weight is 338 g/mol. The fraction of sp³-hybridized carbons (Fsp3) is 0.368. The number of benzene rings is 1. The van der Waals surface area contributed by atoms with Gasteiger partial charge in [0.25, 0.3) is 5.91 Å². The highest BCUT2D eigenvalue weighted by atomic mass is 16.2. The molecule has 2 saturated heterocycles. The zero-order valence-corrected chi connectivity index (χ0v) is 14.7. The van der Waals surface area contributed by atoms with Gasteiger partial charge in [0.15, 0.2) is 0 Å². The summed E-state index contributed by atoms with van der Waals surface area (Å²) in [6.07, 6.45) is 0.864. The van der Waals surface area contributed by atoms with Crippen molar-refractivity contribution >= 4 is 11.9 Å². The van der Waals surface area contributed by atoms with Gasteiger partial charge in [0.1, 0.15) is 18.4 Å². The van der Waals surface area contributed by atoms with E-state index in [0.29, 0.717) is 0 Å². The summed E-state index contributed by atoms with van der Waals surface area (Å²) in [5, 5.41) is 3.28. The van der Waals surface area contributed by atoms with E-state index in [-0.39, 0.29) is 30.8 Å². The van der Waals surface area contributed by atoms with Crippen molar-refractivity contribution < 1.29 is 9.59 Å². The molecule has 1 aromatic rings. The van der Waals surface area contributed by atoms with E-state index in [4.69, 9.17) is 0 Å². The number of carbonyl (C=O) groups is 2. The topological polar surface area (TPSA) is 55.9 Å². The van der Waals surface area contributed by atoms with Crippen LogP contribution in [-0.2, 0) is 4.79 Å². The summed E-state index contributed by atoms with van der Waals surface area (Å²) in [4.78, 5) is 29.8. The minimum Gasteiger partial charge on any atom is -0.310 e. The van der Waals surface area contributed by atoms with Gasteiger partial charge in [-0.3, -0.25) is 19.9 Å². The molecule has 0 bridgehead atoms. The zero-order chi connectivity index (χ0) is 18.1. The molecule has 6 heteroatoms. The van der Waals surface area contributed by atoms with Crippen molar-refractivity contribution in [2.24, 2.45) is 0 Å². The number of likely N-dealkylation sites (N-methyl/N-ethyl adjacent to an activating group) is 2. The smallest absolute Gasteiger partial charge is 0.310 e. The van der Waals surface area contributed by atoms with Gasteiger partial charge < -0.3 is 4.90 Å². The maximum absolute atomic E-state index is 12.7. The molecule has 3 rings (SSSR count). The van der Waals surface area contributed by atoms with Crippen LogP contribution in [0.5, 0.6) is 0 Å². The van der Waals surface area contributed by atoms with Gasteiger partial charge in [0, 0.05) is 19.2 Å². The number of hydrogen-bond acceptors (Lipinski definition) is 4. The molecule has 0 spiro atoms. The largest absolute Gasteiger partial charge is 0.328 e. The van der Waals surface area contributed by atoms with Gasteiger partial charge in [-0.15, -0.1) is 6.58 Å². The first-order valence-electron chi connectivity index (χ1n) is 8.19. The second kappa shape index (κ2) is 6.71. The summed E-state index contributed by atoms with van der Waals surface area (Å²) < 4.78 is 0. The molecule has 0 saturated carbocycles. The standard InChI is InChI=1S/C19H22N4O2/c1-5-11-23-18(24)16-17(22(4)19(23)25)20-15(21(16)3)10-9-14-8-6-7-13(2)12-14/h5-8,12,15-17,20H,1,11H2,2-4H3. The number of amides is 3. The maximum atomic E-state index is 12.7. The number of fused-ring (bicyclic) bond motifs is 1. The van der Waals surface area contributed by atoms with Crippen molar-refractivity contribution in [3.8, 4) is 11.8 Å². The van der Waals surface area contributed by atoms with E-state index in [1.54, 1.807) is 18.0 Å². The second-order valence-corrected chi connectivity index (χ2v) is 6.39. The van der Waals surface area contributed by atoms with Gasteiger partial charge in [0.2, 0.25) is 0 Å². The summed E-state index contributed by atoms with van der Waals surface area (Å²) in [7, 11) is 3.54. The Hall–Kier alpha value is -2.62. The van der Waals surface area contributed by atoms with Crippen LogP contribution in [0.25, 0.3) is 0 Å². The minimum atomic E-state index is -0.459.